The van der Waals surface area contributed by atoms with E-state index in [2.05, 4.69) is 9.97 Å². The minimum atomic E-state index is -4.42. The van der Waals surface area contributed by atoms with Gasteiger partial charge < -0.3 is 4.90 Å². The molecule has 1 aliphatic rings. The number of alkyl halides is 3. The Balaban J connectivity index is 2.00. The molecule has 0 aromatic carbocycles. The van der Waals surface area contributed by atoms with E-state index in [1.165, 1.54) is 31.9 Å². The summed E-state index contributed by atoms with van der Waals surface area (Å²) in [7, 11) is 1.84. The summed E-state index contributed by atoms with van der Waals surface area (Å²) in [5.41, 5.74) is -0.944. The predicted octanol–water partition coefficient (Wildman–Crippen LogP) is 3.12. The van der Waals surface area contributed by atoms with Crippen LogP contribution in [0.3, 0.4) is 0 Å². The van der Waals surface area contributed by atoms with Crippen molar-refractivity contribution in [2.45, 2.75) is 31.9 Å². The third-order valence-electron chi connectivity index (χ3n) is 3.33. The summed E-state index contributed by atoms with van der Waals surface area (Å²) in [4.78, 5) is 9.13. The standard InChI is InChI=1S/C12H16F3N3/c1-18(8-9-4-2-3-5-9)11-7-16-10(6-17-11)12(13,14)15/h6-7,9H,2-5,8H2,1H3. The second kappa shape index (κ2) is 5.12. The Kier molecular flexibility index (Phi) is 3.73. The van der Waals surface area contributed by atoms with Crippen molar-refractivity contribution in [1.82, 2.24) is 9.97 Å². The number of rotatable bonds is 3. The van der Waals surface area contributed by atoms with E-state index in [1.807, 2.05) is 11.9 Å². The average molecular weight is 259 g/mol. The van der Waals surface area contributed by atoms with E-state index >= 15 is 0 Å². The van der Waals surface area contributed by atoms with E-state index in [0.717, 1.165) is 12.7 Å². The Morgan fingerprint density at radius 1 is 1.22 bits per heavy atom. The first-order valence-electron chi connectivity index (χ1n) is 6.07. The van der Waals surface area contributed by atoms with Crippen LogP contribution in [0.4, 0.5) is 19.0 Å². The number of halogens is 3. The van der Waals surface area contributed by atoms with Gasteiger partial charge in [-0.1, -0.05) is 12.8 Å². The van der Waals surface area contributed by atoms with Crippen molar-refractivity contribution >= 4 is 5.82 Å². The molecule has 0 spiro atoms. The second-order valence-electron chi connectivity index (χ2n) is 4.79. The topological polar surface area (TPSA) is 29.0 Å². The van der Waals surface area contributed by atoms with Crippen molar-refractivity contribution < 1.29 is 13.2 Å². The van der Waals surface area contributed by atoms with Crippen LogP contribution in [0.25, 0.3) is 0 Å². The van der Waals surface area contributed by atoms with Crippen molar-refractivity contribution in [3.63, 3.8) is 0 Å². The number of anilines is 1. The fourth-order valence-electron chi connectivity index (χ4n) is 2.34. The first-order valence-corrected chi connectivity index (χ1v) is 6.07. The van der Waals surface area contributed by atoms with Crippen molar-refractivity contribution in [2.24, 2.45) is 5.92 Å². The Morgan fingerprint density at radius 2 is 1.89 bits per heavy atom. The second-order valence-corrected chi connectivity index (χ2v) is 4.79. The van der Waals surface area contributed by atoms with Gasteiger partial charge in [-0.15, -0.1) is 0 Å². The van der Waals surface area contributed by atoms with Crippen molar-refractivity contribution in [3.8, 4) is 0 Å². The fraction of sp³-hybridized carbons (Fsp3) is 0.667. The van der Waals surface area contributed by atoms with Crippen LogP contribution in [0.2, 0.25) is 0 Å². The minimum absolute atomic E-state index is 0.495. The van der Waals surface area contributed by atoms with Gasteiger partial charge in [0, 0.05) is 13.6 Å². The highest BCUT2D eigenvalue weighted by Gasteiger charge is 2.32. The van der Waals surface area contributed by atoms with Crippen molar-refractivity contribution in [3.05, 3.63) is 18.1 Å². The van der Waals surface area contributed by atoms with E-state index in [9.17, 15) is 13.2 Å². The Morgan fingerprint density at radius 3 is 2.39 bits per heavy atom. The van der Waals surface area contributed by atoms with Gasteiger partial charge in [-0.05, 0) is 18.8 Å². The van der Waals surface area contributed by atoms with E-state index < -0.39 is 11.9 Å². The molecule has 0 unspecified atom stereocenters. The summed E-state index contributed by atoms with van der Waals surface area (Å²) < 4.78 is 37.0. The third kappa shape index (κ3) is 3.11. The van der Waals surface area contributed by atoms with Crippen LogP contribution in [0.5, 0.6) is 0 Å². The summed E-state index contributed by atoms with van der Waals surface area (Å²) in [6, 6.07) is 0. The molecular formula is C12H16F3N3. The minimum Gasteiger partial charge on any atom is -0.358 e. The monoisotopic (exact) mass is 259 g/mol. The molecule has 6 heteroatoms. The zero-order valence-corrected chi connectivity index (χ0v) is 10.2. The maximum absolute atomic E-state index is 12.3. The van der Waals surface area contributed by atoms with Gasteiger partial charge in [0.25, 0.3) is 0 Å². The molecule has 1 aromatic heterocycles. The van der Waals surface area contributed by atoms with Crippen LogP contribution in [-0.4, -0.2) is 23.6 Å². The van der Waals surface area contributed by atoms with E-state index in [1.54, 1.807) is 0 Å². The van der Waals surface area contributed by atoms with Crippen LogP contribution in [0, 0.1) is 5.92 Å². The average Bonchev–Trinajstić information content (AvgIpc) is 2.81. The molecule has 1 aromatic rings. The van der Waals surface area contributed by atoms with Crippen molar-refractivity contribution in [2.75, 3.05) is 18.5 Å². The summed E-state index contributed by atoms with van der Waals surface area (Å²) in [5.74, 6) is 1.12. The molecule has 0 radical (unpaired) electrons. The van der Waals surface area contributed by atoms with Crippen LogP contribution in [-0.2, 0) is 6.18 Å². The smallest absolute Gasteiger partial charge is 0.358 e. The molecule has 0 amide bonds. The van der Waals surface area contributed by atoms with Gasteiger partial charge in [0.05, 0.1) is 12.4 Å². The highest BCUT2D eigenvalue weighted by molar-refractivity contribution is 5.34. The van der Waals surface area contributed by atoms with E-state index in [0.29, 0.717) is 11.7 Å². The molecule has 1 heterocycles. The van der Waals surface area contributed by atoms with E-state index in [4.69, 9.17) is 0 Å². The molecular weight excluding hydrogens is 243 g/mol. The zero-order valence-electron chi connectivity index (χ0n) is 10.2. The molecule has 0 aliphatic heterocycles. The molecule has 1 saturated carbocycles. The first kappa shape index (κ1) is 13.1. The molecule has 0 bridgehead atoms. The molecule has 2 rings (SSSR count). The molecule has 3 nitrogen and oxygen atoms in total. The number of nitrogens with zero attached hydrogens (tertiary/aromatic N) is 3. The molecule has 18 heavy (non-hydrogen) atoms. The Hall–Kier alpha value is -1.33. The van der Waals surface area contributed by atoms with Crippen molar-refractivity contribution in [1.29, 1.82) is 0 Å². The molecule has 1 aliphatic carbocycles. The predicted molar refractivity (Wildman–Crippen MR) is 62.3 cm³/mol. The molecule has 0 atom stereocenters. The zero-order chi connectivity index (χ0) is 13.2. The van der Waals surface area contributed by atoms with Gasteiger partial charge >= 0.3 is 6.18 Å². The lowest BCUT2D eigenvalue weighted by Gasteiger charge is -2.21. The highest BCUT2D eigenvalue weighted by atomic mass is 19.4. The Bertz CT molecular complexity index is 383. The molecule has 0 N–H and O–H groups in total. The fourth-order valence-corrected chi connectivity index (χ4v) is 2.34. The maximum atomic E-state index is 12.3. The lowest BCUT2D eigenvalue weighted by molar-refractivity contribution is -0.141. The van der Waals surface area contributed by atoms with Gasteiger partial charge in [0.2, 0.25) is 0 Å². The van der Waals surface area contributed by atoms with Gasteiger partial charge in [-0.2, -0.15) is 13.2 Å². The molecule has 100 valence electrons. The number of hydrogen-bond donors (Lipinski definition) is 0. The number of aromatic nitrogens is 2. The summed E-state index contributed by atoms with van der Waals surface area (Å²) >= 11 is 0. The summed E-state index contributed by atoms with van der Waals surface area (Å²) in [5, 5.41) is 0. The molecule has 0 saturated heterocycles. The van der Waals surface area contributed by atoms with Gasteiger partial charge in [-0.3, -0.25) is 0 Å². The van der Waals surface area contributed by atoms with Crippen LogP contribution < -0.4 is 4.90 Å². The van der Waals surface area contributed by atoms with E-state index in [-0.39, 0.29) is 0 Å². The summed E-state index contributed by atoms with van der Waals surface area (Å²) in [6.45, 7) is 0.833. The van der Waals surface area contributed by atoms with Crippen LogP contribution >= 0.6 is 0 Å². The van der Waals surface area contributed by atoms with Gasteiger partial charge in [0.15, 0.2) is 5.69 Å². The quantitative estimate of drug-likeness (QED) is 0.835. The summed E-state index contributed by atoms with van der Waals surface area (Å²) in [6.07, 6.45) is 2.44. The van der Waals surface area contributed by atoms with Crippen LogP contribution in [0.1, 0.15) is 31.4 Å². The van der Waals surface area contributed by atoms with Crippen LogP contribution in [0.15, 0.2) is 12.4 Å². The largest absolute Gasteiger partial charge is 0.434 e. The lowest BCUT2D eigenvalue weighted by atomic mass is 10.1. The third-order valence-corrected chi connectivity index (χ3v) is 3.33. The highest BCUT2D eigenvalue weighted by Crippen LogP contribution is 2.28. The normalized spacial score (nSPS) is 17.1. The van der Waals surface area contributed by atoms with Gasteiger partial charge in [-0.25, -0.2) is 9.97 Å². The Labute approximate surface area is 104 Å². The number of hydrogen-bond acceptors (Lipinski definition) is 3. The maximum Gasteiger partial charge on any atom is 0.434 e. The first-order chi connectivity index (χ1) is 8.47. The lowest BCUT2D eigenvalue weighted by Crippen LogP contribution is -2.25. The van der Waals surface area contributed by atoms with Gasteiger partial charge in [0.1, 0.15) is 5.82 Å². The molecule has 1 fully saturated rings. The SMILES string of the molecule is CN(CC1CCCC1)c1cnc(C(F)(F)F)cn1.